The average Bonchev–Trinajstić information content (AvgIpc) is 2.40. The molecule has 0 bridgehead atoms. The number of hydrogen-bond acceptors (Lipinski definition) is 2. The molecule has 1 aromatic rings. The van der Waals surface area contributed by atoms with Crippen LogP contribution in [0.3, 0.4) is 0 Å². The molecule has 104 valence electrons. The quantitative estimate of drug-likeness (QED) is 0.882. The summed E-state index contributed by atoms with van der Waals surface area (Å²) < 4.78 is 12.9. The highest BCUT2D eigenvalue weighted by Gasteiger charge is 2.35. The van der Waals surface area contributed by atoms with E-state index in [9.17, 15) is 9.18 Å². The number of rotatable bonds is 3. The standard InChI is InChI=1S/C15H21FN2O/c1-11(12-5-7-13(16)8-6-12)18-14(19)15(17)9-3-2-4-10-15/h5-8,11H,2-4,9-10,17H2,1H3,(H,18,19). The Bertz CT molecular complexity index is 438. The summed E-state index contributed by atoms with van der Waals surface area (Å²) in [6.07, 6.45) is 4.66. The summed E-state index contributed by atoms with van der Waals surface area (Å²) in [4.78, 5) is 12.3. The number of amides is 1. The minimum Gasteiger partial charge on any atom is -0.348 e. The van der Waals surface area contributed by atoms with Crippen molar-refractivity contribution >= 4 is 5.91 Å². The first-order chi connectivity index (χ1) is 9.01. The molecule has 4 heteroatoms. The van der Waals surface area contributed by atoms with E-state index in [1.54, 1.807) is 12.1 Å². The van der Waals surface area contributed by atoms with Gasteiger partial charge in [-0.2, -0.15) is 0 Å². The van der Waals surface area contributed by atoms with Crippen molar-refractivity contribution in [1.29, 1.82) is 0 Å². The van der Waals surface area contributed by atoms with Crippen molar-refractivity contribution < 1.29 is 9.18 Å². The van der Waals surface area contributed by atoms with E-state index in [1.807, 2.05) is 6.92 Å². The van der Waals surface area contributed by atoms with Gasteiger partial charge < -0.3 is 11.1 Å². The van der Waals surface area contributed by atoms with Crippen molar-refractivity contribution in [3.05, 3.63) is 35.6 Å². The molecule has 0 heterocycles. The number of nitrogens with two attached hydrogens (primary N) is 1. The summed E-state index contributed by atoms with van der Waals surface area (Å²) in [5, 5.41) is 2.94. The van der Waals surface area contributed by atoms with Crippen LogP contribution in [0.1, 0.15) is 50.6 Å². The highest BCUT2D eigenvalue weighted by molar-refractivity contribution is 5.86. The van der Waals surface area contributed by atoms with Crippen LogP contribution in [0.15, 0.2) is 24.3 Å². The smallest absolute Gasteiger partial charge is 0.240 e. The van der Waals surface area contributed by atoms with Crippen LogP contribution < -0.4 is 11.1 Å². The van der Waals surface area contributed by atoms with Gasteiger partial charge in [-0.25, -0.2) is 4.39 Å². The van der Waals surface area contributed by atoms with Crippen LogP contribution in [-0.2, 0) is 4.79 Å². The summed E-state index contributed by atoms with van der Waals surface area (Å²) in [7, 11) is 0. The van der Waals surface area contributed by atoms with E-state index in [1.165, 1.54) is 12.1 Å². The van der Waals surface area contributed by atoms with E-state index in [4.69, 9.17) is 5.73 Å². The van der Waals surface area contributed by atoms with Gasteiger partial charge in [0.25, 0.3) is 0 Å². The van der Waals surface area contributed by atoms with E-state index < -0.39 is 5.54 Å². The SMILES string of the molecule is CC(NC(=O)C1(N)CCCCC1)c1ccc(F)cc1. The van der Waals surface area contributed by atoms with Gasteiger partial charge in [0, 0.05) is 0 Å². The Morgan fingerprint density at radius 2 is 1.84 bits per heavy atom. The highest BCUT2D eigenvalue weighted by atomic mass is 19.1. The molecule has 0 spiro atoms. The molecule has 0 aromatic heterocycles. The Balaban J connectivity index is 2.00. The minimum absolute atomic E-state index is 0.0935. The molecule has 2 rings (SSSR count). The predicted octanol–water partition coefficient (Wildman–Crippen LogP) is 2.66. The number of carbonyl (C=O) groups excluding carboxylic acids is 1. The second kappa shape index (κ2) is 5.70. The highest BCUT2D eigenvalue weighted by Crippen LogP contribution is 2.27. The van der Waals surface area contributed by atoms with Gasteiger partial charge in [-0.05, 0) is 37.5 Å². The first-order valence-electron chi connectivity index (χ1n) is 6.86. The third-order valence-electron chi connectivity index (χ3n) is 3.92. The van der Waals surface area contributed by atoms with Crippen LogP contribution in [0.25, 0.3) is 0 Å². The molecule has 1 amide bonds. The average molecular weight is 264 g/mol. The molecule has 0 radical (unpaired) electrons. The molecule has 1 fully saturated rings. The largest absolute Gasteiger partial charge is 0.348 e. The molecule has 0 aliphatic heterocycles. The van der Waals surface area contributed by atoms with Crippen LogP contribution >= 0.6 is 0 Å². The van der Waals surface area contributed by atoms with Crippen molar-refractivity contribution in [2.45, 2.75) is 50.6 Å². The topological polar surface area (TPSA) is 55.1 Å². The molecule has 3 N–H and O–H groups in total. The molecule has 1 aliphatic rings. The monoisotopic (exact) mass is 264 g/mol. The first kappa shape index (κ1) is 14.0. The van der Waals surface area contributed by atoms with Crippen molar-refractivity contribution in [3.63, 3.8) is 0 Å². The molecule has 19 heavy (non-hydrogen) atoms. The second-order valence-electron chi connectivity index (χ2n) is 5.46. The van der Waals surface area contributed by atoms with E-state index in [2.05, 4.69) is 5.32 Å². The summed E-state index contributed by atoms with van der Waals surface area (Å²) in [6.45, 7) is 1.89. The van der Waals surface area contributed by atoms with E-state index >= 15 is 0 Å². The Labute approximate surface area is 113 Å². The first-order valence-corrected chi connectivity index (χ1v) is 6.86. The van der Waals surface area contributed by atoms with Gasteiger partial charge in [-0.15, -0.1) is 0 Å². The van der Waals surface area contributed by atoms with Crippen molar-refractivity contribution in [1.82, 2.24) is 5.32 Å². The van der Waals surface area contributed by atoms with Gasteiger partial charge in [-0.1, -0.05) is 31.4 Å². The van der Waals surface area contributed by atoms with Gasteiger partial charge in [0.2, 0.25) is 5.91 Å². The molecule has 1 atom stereocenters. The molecule has 0 saturated heterocycles. The lowest BCUT2D eigenvalue weighted by molar-refractivity contribution is -0.128. The maximum Gasteiger partial charge on any atom is 0.240 e. The van der Waals surface area contributed by atoms with Crippen LogP contribution in [0.2, 0.25) is 0 Å². The van der Waals surface area contributed by atoms with Crippen molar-refractivity contribution in [2.75, 3.05) is 0 Å². The van der Waals surface area contributed by atoms with Gasteiger partial charge >= 0.3 is 0 Å². The van der Waals surface area contributed by atoms with Crippen LogP contribution in [-0.4, -0.2) is 11.4 Å². The fraction of sp³-hybridized carbons (Fsp3) is 0.533. The number of halogens is 1. The van der Waals surface area contributed by atoms with E-state index in [-0.39, 0.29) is 17.8 Å². The maximum absolute atomic E-state index is 12.9. The molecule has 3 nitrogen and oxygen atoms in total. The molecule has 1 aromatic carbocycles. The molecule has 1 aliphatic carbocycles. The predicted molar refractivity (Wildman–Crippen MR) is 73.0 cm³/mol. The van der Waals surface area contributed by atoms with Crippen LogP contribution in [0, 0.1) is 5.82 Å². The van der Waals surface area contributed by atoms with Gasteiger partial charge in [0.1, 0.15) is 5.82 Å². The minimum atomic E-state index is -0.730. The number of benzene rings is 1. The Kier molecular flexibility index (Phi) is 4.20. The van der Waals surface area contributed by atoms with E-state index in [0.717, 1.165) is 37.7 Å². The zero-order valence-corrected chi connectivity index (χ0v) is 11.3. The fourth-order valence-corrected chi connectivity index (χ4v) is 2.58. The van der Waals surface area contributed by atoms with Crippen molar-refractivity contribution in [3.8, 4) is 0 Å². The van der Waals surface area contributed by atoms with Gasteiger partial charge in [0.15, 0.2) is 0 Å². The summed E-state index contributed by atoms with van der Waals surface area (Å²) in [5.41, 5.74) is 6.33. The summed E-state index contributed by atoms with van der Waals surface area (Å²) >= 11 is 0. The van der Waals surface area contributed by atoms with Crippen LogP contribution in [0.4, 0.5) is 4.39 Å². The summed E-state index contributed by atoms with van der Waals surface area (Å²) in [5.74, 6) is -0.367. The number of nitrogens with one attached hydrogen (secondary N) is 1. The zero-order valence-electron chi connectivity index (χ0n) is 11.3. The fourth-order valence-electron chi connectivity index (χ4n) is 2.58. The number of hydrogen-bond donors (Lipinski definition) is 2. The van der Waals surface area contributed by atoms with E-state index in [0.29, 0.717) is 0 Å². The molecule has 1 saturated carbocycles. The van der Waals surface area contributed by atoms with Gasteiger partial charge in [0.05, 0.1) is 11.6 Å². The summed E-state index contributed by atoms with van der Waals surface area (Å²) in [6, 6.07) is 6.01. The van der Waals surface area contributed by atoms with Crippen LogP contribution in [0.5, 0.6) is 0 Å². The lowest BCUT2D eigenvalue weighted by Gasteiger charge is -2.33. The Morgan fingerprint density at radius 3 is 2.42 bits per heavy atom. The zero-order chi connectivity index (χ0) is 13.9. The van der Waals surface area contributed by atoms with Crippen molar-refractivity contribution in [2.24, 2.45) is 5.73 Å². The Morgan fingerprint density at radius 1 is 1.26 bits per heavy atom. The third-order valence-corrected chi connectivity index (χ3v) is 3.92. The Hall–Kier alpha value is -1.42. The third kappa shape index (κ3) is 3.32. The molecule has 1 unspecified atom stereocenters. The molecular formula is C15H21FN2O. The van der Waals surface area contributed by atoms with Gasteiger partial charge in [-0.3, -0.25) is 4.79 Å². The lowest BCUT2D eigenvalue weighted by atomic mass is 9.81. The molecular weight excluding hydrogens is 243 g/mol. The second-order valence-corrected chi connectivity index (χ2v) is 5.46. The maximum atomic E-state index is 12.9. The number of carbonyl (C=O) groups is 1. The lowest BCUT2D eigenvalue weighted by Crippen LogP contribution is -2.55. The normalized spacial score (nSPS) is 19.7.